The minimum atomic E-state index is -0.913. The normalized spacial score (nSPS) is 19.9. The Kier molecular flexibility index (Phi) is 5.65. The second kappa shape index (κ2) is 8.87. The Morgan fingerprint density at radius 3 is 2.64 bits per heavy atom. The molecule has 3 aliphatic heterocycles. The molecule has 7 heterocycles. The summed E-state index contributed by atoms with van der Waals surface area (Å²) in [5.41, 5.74) is 4.59. The molecule has 4 aromatic rings. The number of aliphatic hydroxyl groups is 1. The molecule has 0 aliphatic carbocycles. The molecule has 2 bridgehead atoms. The van der Waals surface area contributed by atoms with Gasteiger partial charge in [0.25, 0.3) is 0 Å². The molecule has 8 nitrogen and oxygen atoms in total. The van der Waals surface area contributed by atoms with Crippen LogP contribution in [0.5, 0.6) is 5.75 Å². The van der Waals surface area contributed by atoms with Crippen LogP contribution in [0.15, 0.2) is 61.3 Å². The van der Waals surface area contributed by atoms with Crippen LogP contribution in [0.2, 0.25) is 0 Å². The molecule has 3 fully saturated rings. The summed E-state index contributed by atoms with van der Waals surface area (Å²) in [5, 5.41) is 14.4. The third-order valence-electron chi connectivity index (χ3n) is 7.10. The predicted molar refractivity (Wildman–Crippen MR) is 139 cm³/mol. The van der Waals surface area contributed by atoms with E-state index >= 15 is 0 Å². The third kappa shape index (κ3) is 4.54. The van der Waals surface area contributed by atoms with E-state index in [0.717, 1.165) is 42.1 Å². The number of piperazine rings is 1. The molecule has 1 N–H and O–H groups in total. The van der Waals surface area contributed by atoms with Gasteiger partial charge in [-0.3, -0.25) is 9.88 Å². The molecule has 3 aliphatic rings. The van der Waals surface area contributed by atoms with E-state index in [-0.39, 0.29) is 6.61 Å². The van der Waals surface area contributed by atoms with E-state index in [4.69, 9.17) is 9.72 Å². The second-order valence-electron chi connectivity index (χ2n) is 10.7. The number of nitrogens with zero attached hydrogens (tertiary/aromatic N) is 6. The van der Waals surface area contributed by atoms with E-state index in [1.54, 1.807) is 24.6 Å². The zero-order chi connectivity index (χ0) is 24.9. The van der Waals surface area contributed by atoms with Crippen molar-refractivity contribution in [1.82, 2.24) is 24.5 Å². The molecule has 4 aromatic heterocycles. The van der Waals surface area contributed by atoms with Crippen molar-refractivity contribution in [3.63, 3.8) is 0 Å². The Balaban J connectivity index is 1.17. The minimum absolute atomic E-state index is 0.200. The first-order valence-electron chi connectivity index (χ1n) is 12.5. The van der Waals surface area contributed by atoms with Crippen molar-refractivity contribution in [2.24, 2.45) is 0 Å². The molecule has 3 saturated heterocycles. The van der Waals surface area contributed by atoms with Gasteiger partial charge in [-0.2, -0.15) is 5.10 Å². The predicted octanol–water partition coefficient (Wildman–Crippen LogP) is 3.71. The Bertz CT molecular complexity index is 1370. The van der Waals surface area contributed by atoms with Crippen LogP contribution in [-0.4, -0.2) is 67.0 Å². The molecule has 0 radical (unpaired) electrons. The molecule has 0 spiro atoms. The first-order chi connectivity index (χ1) is 17.3. The van der Waals surface area contributed by atoms with Crippen LogP contribution >= 0.6 is 0 Å². The van der Waals surface area contributed by atoms with E-state index in [1.807, 2.05) is 36.9 Å². The van der Waals surface area contributed by atoms with Gasteiger partial charge in [0.15, 0.2) is 0 Å². The molecule has 8 heteroatoms. The monoisotopic (exact) mass is 484 g/mol. The van der Waals surface area contributed by atoms with Gasteiger partial charge in [0, 0.05) is 61.4 Å². The number of hydrogen-bond donors (Lipinski definition) is 1. The Hall–Kier alpha value is -3.49. The summed E-state index contributed by atoms with van der Waals surface area (Å²) in [6, 6.07) is 11.6. The molecular formula is C28H32N6O2. The highest BCUT2D eigenvalue weighted by molar-refractivity contribution is 5.81. The lowest BCUT2D eigenvalue weighted by Crippen LogP contribution is -2.68. The van der Waals surface area contributed by atoms with Gasteiger partial charge in [-0.05, 0) is 62.6 Å². The summed E-state index contributed by atoms with van der Waals surface area (Å²) in [6.07, 6.45) is 10.7. The first kappa shape index (κ1) is 22.9. The Morgan fingerprint density at radius 2 is 1.92 bits per heavy atom. The summed E-state index contributed by atoms with van der Waals surface area (Å²) >= 11 is 0. The summed E-state index contributed by atoms with van der Waals surface area (Å²) in [5.74, 6) is 1.68. The number of piperidine rings is 1. The fraction of sp³-hybridized carbons (Fsp3) is 0.393. The number of rotatable bonds is 7. The van der Waals surface area contributed by atoms with Crippen LogP contribution < -0.4 is 9.64 Å². The molecule has 0 saturated carbocycles. The average molecular weight is 485 g/mol. The van der Waals surface area contributed by atoms with Crippen molar-refractivity contribution in [1.29, 1.82) is 0 Å². The van der Waals surface area contributed by atoms with Crippen molar-refractivity contribution in [3.05, 3.63) is 72.4 Å². The molecule has 186 valence electrons. The quantitative estimate of drug-likeness (QED) is 0.428. The highest BCUT2D eigenvalue weighted by Crippen LogP contribution is 2.36. The van der Waals surface area contributed by atoms with Crippen LogP contribution in [0.4, 0.5) is 5.82 Å². The van der Waals surface area contributed by atoms with Crippen LogP contribution in [0.1, 0.15) is 31.4 Å². The molecular weight excluding hydrogens is 452 g/mol. The largest absolute Gasteiger partial charge is 0.489 e. The van der Waals surface area contributed by atoms with Crippen molar-refractivity contribution in [2.75, 3.05) is 24.6 Å². The summed E-state index contributed by atoms with van der Waals surface area (Å²) in [7, 11) is 0. The molecule has 2 unspecified atom stereocenters. The molecule has 2 atom stereocenters. The van der Waals surface area contributed by atoms with Gasteiger partial charge < -0.3 is 14.7 Å². The van der Waals surface area contributed by atoms with Gasteiger partial charge in [-0.15, -0.1) is 0 Å². The number of fused-ring (bicyclic) bond motifs is 3. The first-order valence-corrected chi connectivity index (χ1v) is 12.5. The van der Waals surface area contributed by atoms with Gasteiger partial charge in [-0.25, -0.2) is 9.50 Å². The van der Waals surface area contributed by atoms with Crippen molar-refractivity contribution >= 4 is 11.3 Å². The van der Waals surface area contributed by atoms with E-state index in [2.05, 4.69) is 45.0 Å². The van der Waals surface area contributed by atoms with Crippen LogP contribution in [0.3, 0.4) is 0 Å². The smallest absolute Gasteiger partial charge is 0.138 e. The zero-order valence-corrected chi connectivity index (χ0v) is 21.0. The van der Waals surface area contributed by atoms with Gasteiger partial charge in [-0.1, -0.05) is 6.07 Å². The van der Waals surface area contributed by atoms with Gasteiger partial charge in [0.1, 0.15) is 18.2 Å². The van der Waals surface area contributed by atoms with Crippen molar-refractivity contribution in [3.8, 4) is 16.9 Å². The summed E-state index contributed by atoms with van der Waals surface area (Å²) in [4.78, 5) is 14.2. The van der Waals surface area contributed by atoms with Gasteiger partial charge >= 0.3 is 0 Å². The topological polar surface area (TPSA) is 79.0 Å². The summed E-state index contributed by atoms with van der Waals surface area (Å²) < 4.78 is 7.66. The molecule has 0 amide bonds. The van der Waals surface area contributed by atoms with Crippen molar-refractivity contribution < 1.29 is 9.84 Å². The standard InChI is InChI=1S/C28H32N6O2/c1-19-8-20(12-29-11-19)14-33-22-9-23(33)16-32(15-22)27-5-4-21(13-30-27)25-10-24(36-18-28(2,3)35)17-34-26(25)6-7-31-34/h4-8,10-13,17,22-23,35H,9,14-16,18H2,1-3H3. The lowest BCUT2D eigenvalue weighted by Gasteiger charge is -2.56. The number of aromatic nitrogens is 4. The number of hydrogen-bond acceptors (Lipinski definition) is 7. The highest BCUT2D eigenvalue weighted by atomic mass is 16.5. The maximum atomic E-state index is 10.0. The van der Waals surface area contributed by atoms with E-state index in [9.17, 15) is 5.11 Å². The van der Waals surface area contributed by atoms with Crippen LogP contribution in [-0.2, 0) is 6.54 Å². The van der Waals surface area contributed by atoms with Crippen LogP contribution in [0, 0.1) is 6.92 Å². The second-order valence-corrected chi connectivity index (χ2v) is 10.7. The fourth-order valence-corrected chi connectivity index (χ4v) is 5.35. The van der Waals surface area contributed by atoms with Crippen molar-refractivity contribution in [2.45, 2.75) is 51.4 Å². The van der Waals surface area contributed by atoms with Crippen LogP contribution in [0.25, 0.3) is 16.6 Å². The number of pyridine rings is 3. The summed E-state index contributed by atoms with van der Waals surface area (Å²) in [6.45, 7) is 8.72. The number of anilines is 1. The molecule has 36 heavy (non-hydrogen) atoms. The maximum absolute atomic E-state index is 10.0. The Morgan fingerprint density at radius 1 is 1.08 bits per heavy atom. The minimum Gasteiger partial charge on any atom is -0.489 e. The average Bonchev–Trinajstić information content (AvgIpc) is 3.34. The maximum Gasteiger partial charge on any atom is 0.138 e. The zero-order valence-electron chi connectivity index (χ0n) is 21.0. The lowest BCUT2D eigenvalue weighted by molar-refractivity contribution is -0.00876. The lowest BCUT2D eigenvalue weighted by atomic mass is 9.87. The fourth-order valence-electron chi connectivity index (χ4n) is 5.35. The van der Waals surface area contributed by atoms with E-state index < -0.39 is 5.60 Å². The van der Waals surface area contributed by atoms with Gasteiger partial charge in [0.2, 0.25) is 0 Å². The highest BCUT2D eigenvalue weighted by Gasteiger charge is 2.44. The third-order valence-corrected chi connectivity index (χ3v) is 7.10. The number of aryl methyl sites for hydroxylation is 1. The SMILES string of the molecule is Cc1cncc(CN2C3CC2CN(c2ccc(-c4cc(OCC(C)(C)O)cn5nccc45)cn2)C3)c1. The van der Waals surface area contributed by atoms with Gasteiger partial charge in [0.05, 0.1) is 23.5 Å². The molecule has 7 rings (SSSR count). The Labute approximate surface area is 211 Å². The van der Waals surface area contributed by atoms with E-state index in [1.165, 1.54) is 17.5 Å². The van der Waals surface area contributed by atoms with E-state index in [0.29, 0.717) is 17.8 Å². The number of ether oxygens (including phenoxy) is 1. The molecule has 0 aromatic carbocycles.